The number of nitrogens with zero attached hydrogens (tertiary/aromatic N) is 3. The van der Waals surface area contributed by atoms with Crippen LogP contribution in [0.25, 0.3) is 0 Å². The number of aliphatic hydroxyl groups excluding tert-OH is 1. The molecule has 230 valence electrons. The van der Waals surface area contributed by atoms with Crippen molar-refractivity contribution >= 4 is 45.4 Å². The maximum Gasteiger partial charge on any atom is 0.247 e. The van der Waals surface area contributed by atoms with Crippen molar-refractivity contribution < 1.29 is 19.5 Å². The van der Waals surface area contributed by atoms with Gasteiger partial charge >= 0.3 is 0 Å². The Morgan fingerprint density at radius 3 is 2.45 bits per heavy atom. The van der Waals surface area contributed by atoms with E-state index >= 15 is 0 Å². The van der Waals surface area contributed by atoms with Gasteiger partial charge in [-0.2, -0.15) is 0 Å². The molecule has 0 radical (unpaired) electrons. The van der Waals surface area contributed by atoms with Gasteiger partial charge in [0.15, 0.2) is 0 Å². The molecule has 4 rings (SSSR count). The van der Waals surface area contributed by atoms with E-state index in [0.717, 1.165) is 24.8 Å². The number of halogens is 1. The van der Waals surface area contributed by atoms with Crippen LogP contribution >= 0.6 is 27.7 Å². The molecule has 1 aromatic carbocycles. The lowest BCUT2D eigenvalue weighted by atomic mass is 9.70. The van der Waals surface area contributed by atoms with Crippen LogP contribution in [0.15, 0.2) is 55.6 Å². The zero-order chi connectivity index (χ0) is 30.6. The zero-order valence-corrected chi connectivity index (χ0v) is 27.6. The normalized spacial score (nSPS) is 29.2. The molecule has 3 fully saturated rings. The maximum absolute atomic E-state index is 14.8. The molecule has 3 heterocycles. The summed E-state index contributed by atoms with van der Waals surface area (Å²) in [5, 5.41) is 10.6. The van der Waals surface area contributed by atoms with Crippen molar-refractivity contribution in [2.75, 3.05) is 26.2 Å². The molecule has 8 atom stereocenters. The summed E-state index contributed by atoms with van der Waals surface area (Å²) in [6, 6.07) is 8.34. The van der Waals surface area contributed by atoms with Gasteiger partial charge in [0.25, 0.3) is 0 Å². The Morgan fingerprint density at radius 2 is 1.86 bits per heavy atom. The fourth-order valence-electron chi connectivity index (χ4n) is 7.44. The molecular weight excluding hydrogens is 614 g/mol. The smallest absolute Gasteiger partial charge is 0.247 e. The molecule has 0 aromatic heterocycles. The monoisotopic (exact) mass is 659 g/mol. The molecule has 0 saturated carbocycles. The topological polar surface area (TPSA) is 81.2 Å². The van der Waals surface area contributed by atoms with Crippen LogP contribution < -0.4 is 0 Å². The molecule has 2 bridgehead atoms. The Bertz CT molecular complexity index is 1150. The van der Waals surface area contributed by atoms with Crippen LogP contribution in [0.2, 0.25) is 0 Å². The lowest BCUT2D eigenvalue weighted by Crippen LogP contribution is -2.59. The minimum absolute atomic E-state index is 0.00872. The van der Waals surface area contributed by atoms with Crippen LogP contribution in [0.1, 0.15) is 52.0 Å². The Balaban J connectivity index is 1.83. The van der Waals surface area contributed by atoms with Gasteiger partial charge in [-0.05, 0) is 38.2 Å². The number of rotatable bonds is 15. The molecule has 9 heteroatoms. The first-order valence-corrected chi connectivity index (χ1v) is 17.1. The predicted molar refractivity (Wildman–Crippen MR) is 173 cm³/mol. The number of carbonyl (C=O) groups excluding carboxylic acids is 3. The van der Waals surface area contributed by atoms with Crippen LogP contribution in [-0.4, -0.2) is 96.7 Å². The second kappa shape index (κ2) is 14.1. The number of likely N-dealkylation sites (tertiary alicyclic amines) is 1. The lowest BCUT2D eigenvalue weighted by molar-refractivity contribution is -0.147. The molecule has 1 spiro atoms. The van der Waals surface area contributed by atoms with Crippen molar-refractivity contribution in [2.24, 2.45) is 11.8 Å². The number of alkyl halides is 1. The van der Waals surface area contributed by atoms with Gasteiger partial charge in [-0.15, -0.1) is 24.9 Å². The van der Waals surface area contributed by atoms with Crippen molar-refractivity contribution in [3.63, 3.8) is 0 Å². The average molecular weight is 661 g/mol. The third-order valence-corrected chi connectivity index (χ3v) is 12.4. The zero-order valence-electron chi connectivity index (χ0n) is 25.2. The third kappa shape index (κ3) is 5.85. The van der Waals surface area contributed by atoms with Crippen LogP contribution in [0.4, 0.5) is 0 Å². The van der Waals surface area contributed by atoms with Gasteiger partial charge in [-0.3, -0.25) is 14.4 Å². The summed E-state index contributed by atoms with van der Waals surface area (Å²) in [6.07, 6.45) is 7.05. The van der Waals surface area contributed by atoms with Crippen LogP contribution in [0.3, 0.4) is 0 Å². The maximum atomic E-state index is 14.8. The summed E-state index contributed by atoms with van der Waals surface area (Å²) < 4.78 is -0.769. The highest BCUT2D eigenvalue weighted by Crippen LogP contribution is 2.68. The number of amides is 3. The van der Waals surface area contributed by atoms with Crippen molar-refractivity contribution in [2.45, 2.75) is 85.8 Å². The van der Waals surface area contributed by atoms with Gasteiger partial charge in [0.1, 0.15) is 6.04 Å². The number of carbonyl (C=O) groups is 3. The van der Waals surface area contributed by atoms with Crippen LogP contribution in [0.5, 0.6) is 0 Å². The number of hydrogen-bond donors (Lipinski definition) is 1. The van der Waals surface area contributed by atoms with Gasteiger partial charge in [-0.25, -0.2) is 0 Å². The second-order valence-electron chi connectivity index (χ2n) is 11.9. The summed E-state index contributed by atoms with van der Waals surface area (Å²) in [5.74, 6) is -1.53. The summed E-state index contributed by atoms with van der Waals surface area (Å²) in [4.78, 5) is 49.0. The first kappa shape index (κ1) is 32.8. The highest BCUT2D eigenvalue weighted by atomic mass is 79.9. The molecule has 1 N–H and O–H groups in total. The van der Waals surface area contributed by atoms with Gasteiger partial charge in [0.2, 0.25) is 17.7 Å². The summed E-state index contributed by atoms with van der Waals surface area (Å²) >= 11 is 5.53. The van der Waals surface area contributed by atoms with E-state index in [-0.39, 0.29) is 40.4 Å². The second-order valence-corrected chi connectivity index (χ2v) is 14.6. The molecule has 3 amide bonds. The van der Waals surface area contributed by atoms with Gasteiger partial charge in [-0.1, -0.05) is 78.7 Å². The van der Waals surface area contributed by atoms with Crippen LogP contribution in [-0.2, 0) is 20.8 Å². The number of thioether (sulfide) groups is 1. The molecule has 7 nitrogen and oxygen atoms in total. The number of aliphatic hydroxyl groups is 1. The Kier molecular flexibility index (Phi) is 11.0. The largest absolute Gasteiger partial charge is 0.394 e. The molecule has 4 unspecified atom stereocenters. The highest BCUT2D eigenvalue weighted by molar-refractivity contribution is 9.09. The Hall–Kier alpha value is -2.10. The average Bonchev–Trinajstić information content (AvgIpc) is 3.57. The van der Waals surface area contributed by atoms with Crippen LogP contribution in [0, 0.1) is 11.8 Å². The Morgan fingerprint density at radius 1 is 1.17 bits per heavy atom. The van der Waals surface area contributed by atoms with E-state index in [1.165, 1.54) is 0 Å². The Labute approximate surface area is 263 Å². The fraction of sp³-hybridized carbons (Fsp3) is 0.606. The van der Waals surface area contributed by atoms with Crippen molar-refractivity contribution in [1.29, 1.82) is 0 Å². The van der Waals surface area contributed by atoms with E-state index < -0.39 is 28.7 Å². The van der Waals surface area contributed by atoms with E-state index in [2.05, 4.69) is 36.0 Å². The van der Waals surface area contributed by atoms with Crippen molar-refractivity contribution in [1.82, 2.24) is 14.7 Å². The first-order chi connectivity index (χ1) is 20.2. The quantitative estimate of drug-likeness (QED) is 0.218. The third-order valence-electron chi connectivity index (χ3n) is 9.17. The van der Waals surface area contributed by atoms with Gasteiger partial charge in [0.05, 0.1) is 29.2 Å². The molecule has 3 aliphatic rings. The molecule has 0 aliphatic carbocycles. The van der Waals surface area contributed by atoms with E-state index in [1.807, 2.05) is 49.1 Å². The summed E-state index contributed by atoms with van der Waals surface area (Å²) in [5.41, 5.74) is 0.982. The lowest BCUT2D eigenvalue weighted by Gasteiger charge is -2.41. The van der Waals surface area contributed by atoms with Crippen molar-refractivity contribution in [3.05, 3.63) is 61.2 Å². The van der Waals surface area contributed by atoms with Gasteiger partial charge < -0.3 is 19.8 Å². The molecule has 1 aromatic rings. The van der Waals surface area contributed by atoms with Crippen molar-refractivity contribution in [3.8, 4) is 0 Å². The minimum atomic E-state index is -0.790. The molecule has 42 heavy (non-hydrogen) atoms. The SMILES string of the molecule is C=CCN(CCC)C(=O)[C@H]1[C@H]2C(=O)N([C@@H](CO)Cc3ccccc3)C(C(=O)N(CC=C)C(C)CCC)C23CC(Br)[C@@H]1S3. The van der Waals surface area contributed by atoms with E-state index in [9.17, 15) is 19.5 Å². The van der Waals surface area contributed by atoms with Gasteiger partial charge in [0, 0.05) is 35.8 Å². The van der Waals surface area contributed by atoms with E-state index in [4.69, 9.17) is 0 Å². The van der Waals surface area contributed by atoms with E-state index in [1.54, 1.807) is 33.7 Å². The number of hydrogen-bond acceptors (Lipinski definition) is 5. The predicted octanol–water partition coefficient (Wildman–Crippen LogP) is 4.68. The van der Waals surface area contributed by atoms with E-state index in [0.29, 0.717) is 32.5 Å². The number of benzene rings is 1. The number of fused-ring (bicyclic) bond motifs is 1. The highest BCUT2D eigenvalue weighted by Gasteiger charge is 2.76. The summed E-state index contributed by atoms with van der Waals surface area (Å²) in [7, 11) is 0. The molecule has 3 saturated heterocycles. The first-order valence-electron chi connectivity index (χ1n) is 15.3. The standard InChI is InChI=1S/C33H46BrN3O4S/c1-6-13-22(5)36(18-9-4)32(41)29-33-20-25(34)28(42-33)26(30(39)35(16-7-2)17-8-3)27(33)31(40)37(29)24(21-38)19-23-14-11-10-12-15-23/h7,9-12,14-15,22,24-29,38H,2,4,6,8,13,16-21H2,1,3,5H3/t22?,24-,25?,26+,27+,28+,29?,33?/m1/s1. The minimum Gasteiger partial charge on any atom is -0.394 e. The fourth-order valence-corrected chi connectivity index (χ4v) is 11.0. The molecular formula is C33H46BrN3O4S. The molecule has 3 aliphatic heterocycles. The summed E-state index contributed by atoms with van der Waals surface area (Å²) in [6.45, 7) is 15.1.